The number of carbonyl (C=O) groups is 3. The summed E-state index contributed by atoms with van der Waals surface area (Å²) in [6, 6.07) is 5.17. The predicted octanol–water partition coefficient (Wildman–Crippen LogP) is 3.50. The quantitative estimate of drug-likeness (QED) is 0.512. The molecular formula is C19H23N5O3S2. The number of nitrogens with zero attached hydrogens (tertiary/aromatic N) is 3. The molecule has 2 N–H and O–H groups in total. The fraction of sp³-hybridized carbons (Fsp3) is 0.421. The average molecular weight is 434 g/mol. The van der Waals surface area contributed by atoms with Gasteiger partial charge in [0.15, 0.2) is 4.34 Å². The van der Waals surface area contributed by atoms with Gasteiger partial charge in [-0.25, -0.2) is 4.79 Å². The molecule has 0 aliphatic heterocycles. The number of aryl methyl sites for hydroxylation is 2. The summed E-state index contributed by atoms with van der Waals surface area (Å²) >= 11 is 2.47. The number of nitrogens with one attached hydrogen (secondary N) is 2. The molecule has 3 rings (SSSR count). The van der Waals surface area contributed by atoms with Gasteiger partial charge in [-0.1, -0.05) is 36.1 Å². The Morgan fingerprint density at radius 1 is 1.21 bits per heavy atom. The molecule has 1 aliphatic carbocycles. The van der Waals surface area contributed by atoms with Crippen LogP contribution in [0.3, 0.4) is 0 Å². The van der Waals surface area contributed by atoms with Gasteiger partial charge >= 0.3 is 6.03 Å². The molecule has 0 saturated heterocycles. The third-order valence-corrected chi connectivity index (χ3v) is 6.49. The molecule has 1 aliphatic rings. The molecule has 0 bridgehead atoms. The predicted molar refractivity (Wildman–Crippen MR) is 115 cm³/mol. The molecule has 4 amide bonds. The maximum absolute atomic E-state index is 12.1. The summed E-state index contributed by atoms with van der Waals surface area (Å²) in [5, 5.41) is 13.7. The van der Waals surface area contributed by atoms with Gasteiger partial charge < -0.3 is 5.32 Å². The normalized spacial score (nSPS) is 13.1. The second kappa shape index (κ2) is 9.36. The van der Waals surface area contributed by atoms with Crippen LogP contribution in [-0.2, 0) is 9.59 Å². The fourth-order valence-electron chi connectivity index (χ4n) is 2.60. The number of amides is 4. The van der Waals surface area contributed by atoms with E-state index >= 15 is 0 Å². The smallest absolute Gasteiger partial charge is 0.308 e. The highest BCUT2D eigenvalue weighted by atomic mass is 32.2. The average Bonchev–Trinajstić information content (AvgIpc) is 3.40. The van der Waals surface area contributed by atoms with Crippen molar-refractivity contribution in [3.63, 3.8) is 0 Å². The Morgan fingerprint density at radius 3 is 2.62 bits per heavy atom. The van der Waals surface area contributed by atoms with Crippen molar-refractivity contribution in [3.05, 3.63) is 29.3 Å². The number of imide groups is 1. The summed E-state index contributed by atoms with van der Waals surface area (Å²) in [6.07, 6.45) is 2.37. The van der Waals surface area contributed by atoms with E-state index in [9.17, 15) is 14.4 Å². The lowest BCUT2D eigenvalue weighted by atomic mass is 10.1. The van der Waals surface area contributed by atoms with Crippen LogP contribution in [0.15, 0.2) is 22.5 Å². The van der Waals surface area contributed by atoms with Crippen LogP contribution >= 0.6 is 23.1 Å². The van der Waals surface area contributed by atoms with E-state index in [0.717, 1.165) is 24.0 Å². The highest BCUT2D eigenvalue weighted by Crippen LogP contribution is 2.36. The zero-order valence-electron chi connectivity index (χ0n) is 16.5. The van der Waals surface area contributed by atoms with Crippen LogP contribution in [0.5, 0.6) is 0 Å². The number of urea groups is 1. The molecule has 1 heterocycles. The second-order valence-corrected chi connectivity index (χ2v) is 8.97. The Morgan fingerprint density at radius 2 is 1.97 bits per heavy atom. The summed E-state index contributed by atoms with van der Waals surface area (Å²) < 4.78 is 0.583. The SMILES string of the molecule is CCC(=O)N(c1nnc(SCC(=O)NC(=O)Nc2ccc(C)c(C)c2)s1)C1CC1. The number of benzene rings is 1. The van der Waals surface area contributed by atoms with E-state index in [1.54, 1.807) is 11.0 Å². The molecule has 29 heavy (non-hydrogen) atoms. The maximum atomic E-state index is 12.1. The van der Waals surface area contributed by atoms with Crippen LogP contribution in [0, 0.1) is 13.8 Å². The topological polar surface area (TPSA) is 104 Å². The maximum Gasteiger partial charge on any atom is 0.325 e. The molecule has 2 aromatic rings. The van der Waals surface area contributed by atoms with E-state index < -0.39 is 11.9 Å². The minimum Gasteiger partial charge on any atom is -0.308 e. The van der Waals surface area contributed by atoms with E-state index in [2.05, 4.69) is 20.8 Å². The highest BCUT2D eigenvalue weighted by Gasteiger charge is 2.35. The molecule has 1 fully saturated rings. The summed E-state index contributed by atoms with van der Waals surface area (Å²) in [4.78, 5) is 37.9. The minimum atomic E-state index is -0.578. The van der Waals surface area contributed by atoms with Crippen LogP contribution in [-0.4, -0.2) is 39.8 Å². The fourth-order valence-corrected chi connectivity index (χ4v) is 4.33. The van der Waals surface area contributed by atoms with Crippen LogP contribution in [0.1, 0.15) is 37.3 Å². The van der Waals surface area contributed by atoms with Gasteiger partial charge in [0.25, 0.3) is 0 Å². The number of thioether (sulfide) groups is 1. The Kier molecular flexibility index (Phi) is 6.86. The first-order chi connectivity index (χ1) is 13.9. The van der Waals surface area contributed by atoms with Crippen molar-refractivity contribution < 1.29 is 14.4 Å². The van der Waals surface area contributed by atoms with Crippen LogP contribution < -0.4 is 15.5 Å². The van der Waals surface area contributed by atoms with Crippen molar-refractivity contribution in [2.24, 2.45) is 0 Å². The molecule has 0 spiro atoms. The summed E-state index contributed by atoms with van der Waals surface area (Å²) in [5.74, 6) is -0.377. The second-order valence-electron chi connectivity index (χ2n) is 6.79. The Bertz CT molecular complexity index is 926. The van der Waals surface area contributed by atoms with Gasteiger partial charge in [-0.2, -0.15) is 0 Å². The van der Waals surface area contributed by atoms with Gasteiger partial charge in [0.2, 0.25) is 16.9 Å². The molecule has 1 aromatic heterocycles. The largest absolute Gasteiger partial charge is 0.325 e. The van der Waals surface area contributed by atoms with Crippen molar-refractivity contribution in [1.29, 1.82) is 0 Å². The first-order valence-electron chi connectivity index (χ1n) is 9.33. The molecule has 0 unspecified atom stereocenters. The third-order valence-electron chi connectivity index (χ3n) is 4.43. The van der Waals surface area contributed by atoms with Gasteiger partial charge in [-0.3, -0.25) is 19.8 Å². The molecule has 1 aromatic carbocycles. The first-order valence-corrected chi connectivity index (χ1v) is 11.1. The number of hydrogen-bond donors (Lipinski definition) is 2. The van der Waals surface area contributed by atoms with Crippen molar-refractivity contribution in [2.75, 3.05) is 16.0 Å². The standard InChI is InChI=1S/C19H23N5O3S2/c1-4-16(26)24(14-7-8-14)18-22-23-19(29-18)28-10-15(25)21-17(27)20-13-6-5-11(2)12(3)9-13/h5-6,9,14H,4,7-8,10H2,1-3H3,(H2,20,21,25,27). The summed E-state index contributed by atoms with van der Waals surface area (Å²) in [6.45, 7) is 5.76. The number of rotatable bonds is 7. The number of carbonyl (C=O) groups excluding carboxylic acids is 3. The molecule has 154 valence electrons. The van der Waals surface area contributed by atoms with Crippen LogP contribution in [0.25, 0.3) is 0 Å². The van der Waals surface area contributed by atoms with Gasteiger partial charge in [0, 0.05) is 18.2 Å². The first kappa shape index (κ1) is 21.3. The van der Waals surface area contributed by atoms with E-state index in [1.165, 1.54) is 23.1 Å². The lowest BCUT2D eigenvalue weighted by Crippen LogP contribution is -2.35. The van der Waals surface area contributed by atoms with Gasteiger partial charge in [0.05, 0.1) is 5.75 Å². The Balaban J connectivity index is 1.49. The number of hydrogen-bond acceptors (Lipinski definition) is 7. The van der Waals surface area contributed by atoms with Crippen molar-refractivity contribution >= 4 is 51.8 Å². The van der Waals surface area contributed by atoms with Crippen molar-refractivity contribution in [1.82, 2.24) is 15.5 Å². The molecule has 1 saturated carbocycles. The molecule has 0 atom stereocenters. The lowest BCUT2D eigenvalue weighted by Gasteiger charge is -2.17. The van der Waals surface area contributed by atoms with Crippen molar-refractivity contribution in [2.45, 2.75) is 50.4 Å². The number of aromatic nitrogens is 2. The monoisotopic (exact) mass is 433 g/mol. The van der Waals surface area contributed by atoms with Crippen molar-refractivity contribution in [3.8, 4) is 0 Å². The molecule has 0 radical (unpaired) electrons. The van der Waals surface area contributed by atoms with Crippen LogP contribution in [0.2, 0.25) is 0 Å². The number of anilines is 2. The lowest BCUT2D eigenvalue weighted by molar-refractivity contribution is -0.118. The zero-order valence-corrected chi connectivity index (χ0v) is 18.2. The molecular weight excluding hydrogens is 410 g/mol. The van der Waals surface area contributed by atoms with Gasteiger partial charge in [-0.05, 0) is 49.9 Å². The van der Waals surface area contributed by atoms with E-state index in [1.807, 2.05) is 32.9 Å². The Labute approximate surface area is 177 Å². The molecule has 10 heteroatoms. The zero-order chi connectivity index (χ0) is 21.0. The van der Waals surface area contributed by atoms with Gasteiger partial charge in [0.1, 0.15) is 0 Å². The highest BCUT2D eigenvalue weighted by molar-refractivity contribution is 8.01. The minimum absolute atomic E-state index is 0.0279. The van der Waals surface area contributed by atoms with Crippen LogP contribution in [0.4, 0.5) is 15.6 Å². The van der Waals surface area contributed by atoms with E-state index in [4.69, 9.17) is 0 Å². The summed E-state index contributed by atoms with van der Waals surface area (Å²) in [5.41, 5.74) is 2.81. The third kappa shape index (κ3) is 5.77. The summed E-state index contributed by atoms with van der Waals surface area (Å²) in [7, 11) is 0. The van der Waals surface area contributed by atoms with Gasteiger partial charge in [-0.15, -0.1) is 10.2 Å². The molecule has 8 nitrogen and oxygen atoms in total. The van der Waals surface area contributed by atoms with E-state index in [-0.39, 0.29) is 17.7 Å². The van der Waals surface area contributed by atoms with E-state index in [0.29, 0.717) is 21.6 Å². The Hall–Kier alpha value is -2.46.